The molecule has 1 aliphatic rings. The van der Waals surface area contributed by atoms with Gasteiger partial charge in [0.05, 0.1) is 22.7 Å². The number of nitrogens with one attached hydrogen (secondary N) is 2. The highest BCUT2D eigenvalue weighted by atomic mass is 79.9. The minimum atomic E-state index is -4.47. The van der Waals surface area contributed by atoms with Gasteiger partial charge in [-0.15, -0.1) is 0 Å². The highest BCUT2D eigenvalue weighted by Crippen LogP contribution is 2.39. The summed E-state index contributed by atoms with van der Waals surface area (Å²) in [6, 6.07) is 5.57. The summed E-state index contributed by atoms with van der Waals surface area (Å²) < 4.78 is 46.8. The fourth-order valence-electron chi connectivity index (χ4n) is 3.11. The maximum atomic E-state index is 13.5. The zero-order valence-electron chi connectivity index (χ0n) is 14.6. The van der Waals surface area contributed by atoms with Gasteiger partial charge in [0.25, 0.3) is 0 Å². The van der Waals surface area contributed by atoms with E-state index in [-0.39, 0.29) is 24.8 Å². The quantitative estimate of drug-likeness (QED) is 0.510. The van der Waals surface area contributed by atoms with Crippen molar-refractivity contribution in [1.29, 1.82) is 0 Å². The zero-order valence-corrected chi connectivity index (χ0v) is 16.2. The number of rotatable bonds is 0. The number of pyridine rings is 1. The summed E-state index contributed by atoms with van der Waals surface area (Å²) in [4.78, 5) is 12.9. The van der Waals surface area contributed by atoms with Crippen molar-refractivity contribution in [2.75, 3.05) is 23.8 Å². The van der Waals surface area contributed by atoms with Crippen molar-refractivity contribution < 1.29 is 17.9 Å². The van der Waals surface area contributed by atoms with E-state index in [1.165, 1.54) is 6.07 Å². The number of halogens is 4. The lowest BCUT2D eigenvalue weighted by Crippen LogP contribution is -2.18. The number of hydrogen-bond acceptors (Lipinski definition) is 6. The molecule has 0 radical (unpaired) electrons. The summed E-state index contributed by atoms with van der Waals surface area (Å²) in [5.41, 5.74) is 0.225. The van der Waals surface area contributed by atoms with Gasteiger partial charge in [0.1, 0.15) is 12.4 Å². The molecular weight excluding hydrogens is 439 g/mol. The second-order valence-corrected chi connectivity index (χ2v) is 7.20. The van der Waals surface area contributed by atoms with Crippen molar-refractivity contribution in [2.45, 2.75) is 19.1 Å². The van der Waals surface area contributed by atoms with E-state index in [9.17, 15) is 13.2 Å². The lowest BCUT2D eigenvalue weighted by Gasteiger charge is -2.22. The number of para-hydroxylation sites is 1. The van der Waals surface area contributed by atoms with Crippen molar-refractivity contribution in [3.05, 3.63) is 46.1 Å². The minimum absolute atomic E-state index is 0.0326. The predicted octanol–water partition coefficient (Wildman–Crippen LogP) is 4.78. The van der Waals surface area contributed by atoms with Crippen LogP contribution in [0.4, 0.5) is 24.7 Å². The molecule has 0 saturated carbocycles. The van der Waals surface area contributed by atoms with Crippen molar-refractivity contribution in [3.8, 4) is 6.01 Å². The van der Waals surface area contributed by atoms with E-state index in [2.05, 4.69) is 41.5 Å². The second-order valence-electron chi connectivity index (χ2n) is 6.29. The number of aromatic nitrogens is 3. The lowest BCUT2D eigenvalue weighted by atomic mass is 10.0. The molecule has 1 atom stereocenters. The average molecular weight is 454 g/mol. The fraction of sp³-hybridized carbons (Fsp3) is 0.278. The van der Waals surface area contributed by atoms with E-state index in [1.54, 1.807) is 25.3 Å². The van der Waals surface area contributed by atoms with Crippen LogP contribution in [0.15, 0.2) is 34.9 Å². The summed E-state index contributed by atoms with van der Waals surface area (Å²) in [5.74, 6) is 0.437. The van der Waals surface area contributed by atoms with Gasteiger partial charge >= 0.3 is 12.2 Å². The first kappa shape index (κ1) is 18.7. The van der Waals surface area contributed by atoms with Gasteiger partial charge in [0.2, 0.25) is 0 Å². The van der Waals surface area contributed by atoms with Crippen LogP contribution in [0.25, 0.3) is 11.0 Å². The number of anilines is 2. The van der Waals surface area contributed by atoms with Gasteiger partial charge < -0.3 is 15.4 Å². The molecule has 1 aliphatic heterocycles. The van der Waals surface area contributed by atoms with Gasteiger partial charge in [-0.05, 0) is 40.5 Å². The lowest BCUT2D eigenvalue weighted by molar-refractivity contribution is -0.137. The minimum Gasteiger partial charge on any atom is -0.461 e. The first-order valence-electron chi connectivity index (χ1n) is 8.49. The third-order valence-electron chi connectivity index (χ3n) is 4.35. The Morgan fingerprint density at radius 3 is 2.86 bits per heavy atom. The summed E-state index contributed by atoms with van der Waals surface area (Å²) in [5, 5.41) is 6.68. The average Bonchev–Trinajstić information content (AvgIpc) is 2.66. The van der Waals surface area contributed by atoms with Crippen molar-refractivity contribution in [2.24, 2.45) is 0 Å². The topological polar surface area (TPSA) is 72.0 Å². The molecule has 0 fully saturated rings. The Kier molecular flexibility index (Phi) is 4.74. The first-order chi connectivity index (χ1) is 13.3. The smallest absolute Gasteiger partial charge is 0.418 e. The van der Waals surface area contributed by atoms with Gasteiger partial charge in [-0.1, -0.05) is 12.1 Å². The summed E-state index contributed by atoms with van der Waals surface area (Å²) >= 11 is 3.37. The summed E-state index contributed by atoms with van der Waals surface area (Å²) in [7, 11) is 0. The Bertz CT molecular complexity index is 1040. The van der Waals surface area contributed by atoms with Crippen molar-refractivity contribution in [3.63, 3.8) is 0 Å². The van der Waals surface area contributed by atoms with Gasteiger partial charge in [-0.2, -0.15) is 23.1 Å². The molecule has 6 nitrogen and oxygen atoms in total. The van der Waals surface area contributed by atoms with E-state index >= 15 is 0 Å². The molecule has 2 N–H and O–H groups in total. The van der Waals surface area contributed by atoms with Crippen LogP contribution in [-0.2, 0) is 6.18 Å². The number of fused-ring (bicyclic) bond motifs is 5. The highest BCUT2D eigenvalue weighted by Gasteiger charge is 2.35. The molecule has 0 saturated heterocycles. The summed E-state index contributed by atoms with van der Waals surface area (Å²) in [6.07, 6.45) is -2.87. The molecule has 3 heterocycles. The van der Waals surface area contributed by atoms with Crippen LogP contribution in [0, 0.1) is 0 Å². The molecule has 4 rings (SSSR count). The van der Waals surface area contributed by atoms with E-state index < -0.39 is 17.8 Å². The second kappa shape index (κ2) is 7.08. The molecule has 0 amide bonds. The van der Waals surface area contributed by atoms with E-state index in [1.807, 2.05) is 0 Å². The zero-order chi connectivity index (χ0) is 19.9. The van der Waals surface area contributed by atoms with Gasteiger partial charge in [-0.25, -0.2) is 4.98 Å². The Morgan fingerprint density at radius 2 is 2.07 bits per heavy atom. The molecule has 0 aliphatic carbocycles. The van der Waals surface area contributed by atoms with Crippen molar-refractivity contribution >= 4 is 38.5 Å². The normalized spacial score (nSPS) is 17.0. The largest absolute Gasteiger partial charge is 0.461 e. The van der Waals surface area contributed by atoms with E-state index in [0.717, 1.165) is 10.5 Å². The van der Waals surface area contributed by atoms with Gasteiger partial charge in [0.15, 0.2) is 5.65 Å². The standard InChI is InChI=1S/C18H15BrF3N5O/c1-9-11-3-2-4-13(18(20,21)22)14(11)23-5-6-28-17-26-15-12(16(25-9)27-17)7-10(19)8-24-15/h2-4,7-9,23H,5-6H2,1H3,(H,24,25,26,27)/t9-/m1/s1. The Balaban J connectivity index is 1.86. The number of alkyl halides is 3. The van der Waals surface area contributed by atoms with E-state index in [0.29, 0.717) is 22.4 Å². The number of ether oxygens (including phenoxy) is 1. The molecule has 28 heavy (non-hydrogen) atoms. The van der Waals surface area contributed by atoms with Crippen LogP contribution in [0.2, 0.25) is 0 Å². The summed E-state index contributed by atoms with van der Waals surface area (Å²) in [6.45, 7) is 2.04. The molecule has 146 valence electrons. The van der Waals surface area contributed by atoms with Crippen molar-refractivity contribution in [1.82, 2.24) is 15.0 Å². The monoisotopic (exact) mass is 453 g/mol. The van der Waals surface area contributed by atoms with Crippen LogP contribution in [0.5, 0.6) is 6.01 Å². The predicted molar refractivity (Wildman–Crippen MR) is 102 cm³/mol. The molecule has 0 spiro atoms. The molecule has 10 heteroatoms. The molecule has 2 bridgehead atoms. The van der Waals surface area contributed by atoms with Crippen LogP contribution in [-0.4, -0.2) is 28.1 Å². The first-order valence-corrected chi connectivity index (χ1v) is 9.29. The Morgan fingerprint density at radius 1 is 1.25 bits per heavy atom. The van der Waals surface area contributed by atoms with Crippen LogP contribution < -0.4 is 15.4 Å². The highest BCUT2D eigenvalue weighted by molar-refractivity contribution is 9.10. The molecule has 2 aromatic heterocycles. The number of nitrogens with zero attached hydrogens (tertiary/aromatic N) is 3. The van der Waals surface area contributed by atoms with Crippen LogP contribution >= 0.6 is 15.9 Å². The molecule has 0 unspecified atom stereocenters. The SMILES string of the molecule is C[C@H]1Nc2nc(nc3ncc(Br)cc23)OCCNc2c1cccc2C(F)(F)F. The Hall–Kier alpha value is -2.62. The Labute approximate surface area is 166 Å². The molecule has 1 aromatic carbocycles. The third-order valence-corrected chi connectivity index (χ3v) is 4.79. The number of hydrogen-bond donors (Lipinski definition) is 2. The van der Waals surface area contributed by atoms with Gasteiger partial charge in [-0.3, -0.25) is 0 Å². The molecule has 3 aromatic rings. The number of benzene rings is 1. The van der Waals surface area contributed by atoms with E-state index in [4.69, 9.17) is 4.74 Å². The fourth-order valence-corrected chi connectivity index (χ4v) is 3.44. The third kappa shape index (κ3) is 3.56. The van der Waals surface area contributed by atoms with Crippen LogP contribution in [0.3, 0.4) is 0 Å². The van der Waals surface area contributed by atoms with Crippen LogP contribution in [0.1, 0.15) is 24.1 Å². The maximum absolute atomic E-state index is 13.5. The maximum Gasteiger partial charge on any atom is 0.418 e. The van der Waals surface area contributed by atoms with Gasteiger partial charge in [0, 0.05) is 17.2 Å². The molecular formula is C18H15BrF3N5O.